The number of hydrogen-bond donors (Lipinski definition) is 1. The summed E-state index contributed by atoms with van der Waals surface area (Å²) in [7, 11) is 0. The molecular formula is C23H25N3O3. The van der Waals surface area contributed by atoms with Gasteiger partial charge in [0, 0.05) is 25.4 Å². The van der Waals surface area contributed by atoms with Gasteiger partial charge in [-0.05, 0) is 24.3 Å². The van der Waals surface area contributed by atoms with Gasteiger partial charge in [-0.2, -0.15) is 0 Å². The molecule has 6 nitrogen and oxygen atoms in total. The minimum Gasteiger partial charge on any atom is -0.491 e. The van der Waals surface area contributed by atoms with Crippen molar-refractivity contribution < 1.29 is 14.6 Å². The van der Waals surface area contributed by atoms with Crippen LogP contribution in [0.5, 0.6) is 5.75 Å². The number of aromatic nitrogens is 2. The van der Waals surface area contributed by atoms with Crippen LogP contribution >= 0.6 is 0 Å². The monoisotopic (exact) mass is 391 g/mol. The summed E-state index contributed by atoms with van der Waals surface area (Å²) in [5.41, 5.74) is 1.82. The number of aliphatic hydroxyl groups excluding tert-OH is 1. The molecule has 1 amide bonds. The highest BCUT2D eigenvalue weighted by molar-refractivity contribution is 5.81. The molecule has 1 fully saturated rings. The van der Waals surface area contributed by atoms with Gasteiger partial charge in [0.05, 0.1) is 17.6 Å². The highest BCUT2D eigenvalue weighted by Gasteiger charge is 2.33. The van der Waals surface area contributed by atoms with Crippen LogP contribution in [0.1, 0.15) is 18.2 Å². The van der Waals surface area contributed by atoms with E-state index in [1.807, 2.05) is 59.2 Å². The maximum Gasteiger partial charge on any atom is 0.223 e. The van der Waals surface area contributed by atoms with Gasteiger partial charge >= 0.3 is 0 Å². The van der Waals surface area contributed by atoms with E-state index in [0.717, 1.165) is 22.6 Å². The van der Waals surface area contributed by atoms with Crippen LogP contribution in [0.2, 0.25) is 0 Å². The second-order valence-corrected chi connectivity index (χ2v) is 7.34. The number of carbonyl (C=O) groups excluding carboxylic acids is 1. The van der Waals surface area contributed by atoms with Crippen LogP contribution in [0.3, 0.4) is 0 Å². The molecule has 29 heavy (non-hydrogen) atoms. The number of benzene rings is 2. The number of nitrogens with zero attached hydrogens (tertiary/aromatic N) is 3. The second kappa shape index (κ2) is 8.49. The minimum absolute atomic E-state index is 0.00269. The SMILES string of the molecule is C=CCN1C[C@H](c2nc3ccccc3n2C[C@@H](O)COc2ccccc2)CC1=O. The van der Waals surface area contributed by atoms with E-state index in [-0.39, 0.29) is 18.4 Å². The Balaban J connectivity index is 1.55. The Morgan fingerprint density at radius 1 is 1.21 bits per heavy atom. The van der Waals surface area contributed by atoms with Crippen LogP contribution in [-0.4, -0.2) is 51.3 Å². The van der Waals surface area contributed by atoms with E-state index in [4.69, 9.17) is 9.72 Å². The summed E-state index contributed by atoms with van der Waals surface area (Å²) < 4.78 is 7.73. The molecule has 2 aromatic carbocycles. The maximum absolute atomic E-state index is 12.3. The number of fused-ring (bicyclic) bond motifs is 1. The lowest BCUT2D eigenvalue weighted by Crippen LogP contribution is -2.26. The molecule has 0 saturated carbocycles. The number of rotatable bonds is 8. The zero-order valence-corrected chi connectivity index (χ0v) is 16.3. The first kappa shape index (κ1) is 19.2. The summed E-state index contributed by atoms with van der Waals surface area (Å²) >= 11 is 0. The lowest BCUT2D eigenvalue weighted by atomic mass is 10.1. The lowest BCUT2D eigenvalue weighted by molar-refractivity contribution is -0.127. The Bertz CT molecular complexity index is 999. The summed E-state index contributed by atoms with van der Waals surface area (Å²) in [6.45, 7) is 5.43. The van der Waals surface area contributed by atoms with Gasteiger partial charge in [-0.1, -0.05) is 36.4 Å². The van der Waals surface area contributed by atoms with Crippen molar-refractivity contribution in [1.29, 1.82) is 0 Å². The molecular weight excluding hydrogens is 366 g/mol. The number of ether oxygens (including phenoxy) is 1. The number of amides is 1. The lowest BCUT2D eigenvalue weighted by Gasteiger charge is -2.18. The van der Waals surface area contributed by atoms with Crippen molar-refractivity contribution in [3.05, 3.63) is 73.1 Å². The summed E-state index contributed by atoms with van der Waals surface area (Å²) in [6.07, 6.45) is 1.47. The third kappa shape index (κ3) is 4.17. The largest absolute Gasteiger partial charge is 0.491 e. The number of aliphatic hydroxyl groups is 1. The van der Waals surface area contributed by atoms with E-state index in [0.29, 0.717) is 26.1 Å². The third-order valence-electron chi connectivity index (χ3n) is 5.19. The van der Waals surface area contributed by atoms with Gasteiger partial charge in [0.15, 0.2) is 0 Å². The molecule has 150 valence electrons. The minimum atomic E-state index is -0.701. The molecule has 1 aromatic heterocycles. The van der Waals surface area contributed by atoms with E-state index in [9.17, 15) is 9.90 Å². The zero-order chi connectivity index (χ0) is 20.2. The van der Waals surface area contributed by atoms with Crippen LogP contribution < -0.4 is 4.74 Å². The standard InChI is InChI=1S/C23H25N3O3/c1-2-12-25-14-17(13-22(25)28)23-24-20-10-6-7-11-21(20)26(23)15-18(27)16-29-19-8-4-3-5-9-19/h2-11,17-18,27H,1,12-16H2/t17-,18-/m1/s1. The van der Waals surface area contributed by atoms with Gasteiger partial charge in [0.25, 0.3) is 0 Å². The van der Waals surface area contributed by atoms with Crippen molar-refractivity contribution in [3.8, 4) is 5.75 Å². The molecule has 2 atom stereocenters. The molecule has 0 bridgehead atoms. The zero-order valence-electron chi connectivity index (χ0n) is 16.3. The van der Waals surface area contributed by atoms with E-state index in [1.165, 1.54) is 0 Å². The highest BCUT2D eigenvalue weighted by Crippen LogP contribution is 2.30. The molecule has 0 aliphatic carbocycles. The van der Waals surface area contributed by atoms with Crippen molar-refractivity contribution >= 4 is 16.9 Å². The summed E-state index contributed by atoms with van der Waals surface area (Å²) in [4.78, 5) is 18.9. The average molecular weight is 391 g/mol. The Morgan fingerprint density at radius 3 is 2.76 bits per heavy atom. The Morgan fingerprint density at radius 2 is 1.97 bits per heavy atom. The molecule has 0 radical (unpaired) electrons. The molecule has 3 aromatic rings. The fourth-order valence-corrected chi connectivity index (χ4v) is 3.85. The maximum atomic E-state index is 12.3. The van der Waals surface area contributed by atoms with E-state index < -0.39 is 6.10 Å². The molecule has 1 saturated heterocycles. The molecule has 2 heterocycles. The van der Waals surface area contributed by atoms with Crippen molar-refractivity contribution in [2.24, 2.45) is 0 Å². The first-order valence-electron chi connectivity index (χ1n) is 9.85. The number of likely N-dealkylation sites (tertiary alicyclic amines) is 1. The summed E-state index contributed by atoms with van der Waals surface area (Å²) in [5.74, 6) is 1.67. The van der Waals surface area contributed by atoms with Gasteiger partial charge in [-0.15, -0.1) is 6.58 Å². The predicted octanol–water partition coefficient (Wildman–Crippen LogP) is 2.98. The first-order chi connectivity index (χ1) is 14.2. The number of para-hydroxylation sites is 3. The molecule has 0 spiro atoms. The molecule has 1 aliphatic rings. The number of hydrogen-bond acceptors (Lipinski definition) is 4. The van der Waals surface area contributed by atoms with Gasteiger partial charge < -0.3 is 19.3 Å². The normalized spacial score (nSPS) is 17.6. The number of carbonyl (C=O) groups is 1. The van der Waals surface area contributed by atoms with E-state index >= 15 is 0 Å². The Hall–Kier alpha value is -3.12. The summed E-state index contributed by atoms with van der Waals surface area (Å²) in [5, 5.41) is 10.6. The molecule has 4 rings (SSSR count). The van der Waals surface area contributed by atoms with Crippen molar-refractivity contribution in [2.45, 2.75) is 25.0 Å². The fourth-order valence-electron chi connectivity index (χ4n) is 3.85. The topological polar surface area (TPSA) is 67.6 Å². The van der Waals surface area contributed by atoms with Crippen LogP contribution in [0.4, 0.5) is 0 Å². The Kier molecular flexibility index (Phi) is 5.62. The second-order valence-electron chi connectivity index (χ2n) is 7.34. The van der Waals surface area contributed by atoms with Crippen LogP contribution in [0.15, 0.2) is 67.3 Å². The molecule has 1 aliphatic heterocycles. The van der Waals surface area contributed by atoms with Gasteiger partial charge in [0.2, 0.25) is 5.91 Å². The van der Waals surface area contributed by atoms with E-state index in [1.54, 1.807) is 11.0 Å². The predicted molar refractivity (Wildman–Crippen MR) is 112 cm³/mol. The average Bonchev–Trinajstić information content (AvgIpc) is 3.28. The van der Waals surface area contributed by atoms with Crippen LogP contribution in [0, 0.1) is 0 Å². The molecule has 1 N–H and O–H groups in total. The van der Waals surface area contributed by atoms with Gasteiger partial charge in [-0.3, -0.25) is 4.79 Å². The first-order valence-corrected chi connectivity index (χ1v) is 9.85. The van der Waals surface area contributed by atoms with Gasteiger partial charge in [-0.25, -0.2) is 4.98 Å². The fraction of sp³-hybridized carbons (Fsp3) is 0.304. The van der Waals surface area contributed by atoms with Crippen molar-refractivity contribution in [1.82, 2.24) is 14.5 Å². The quantitative estimate of drug-likeness (QED) is 0.600. The van der Waals surface area contributed by atoms with Crippen LogP contribution in [0.25, 0.3) is 11.0 Å². The van der Waals surface area contributed by atoms with Crippen LogP contribution in [-0.2, 0) is 11.3 Å². The highest BCUT2D eigenvalue weighted by atomic mass is 16.5. The van der Waals surface area contributed by atoms with Crippen molar-refractivity contribution in [2.75, 3.05) is 19.7 Å². The van der Waals surface area contributed by atoms with Gasteiger partial charge in [0.1, 0.15) is 24.3 Å². The molecule has 6 heteroatoms. The molecule has 0 unspecified atom stereocenters. The third-order valence-corrected chi connectivity index (χ3v) is 5.19. The smallest absolute Gasteiger partial charge is 0.223 e. The van der Waals surface area contributed by atoms with Crippen molar-refractivity contribution in [3.63, 3.8) is 0 Å². The number of imidazole rings is 1. The Labute approximate surface area is 170 Å². The van der Waals surface area contributed by atoms with E-state index in [2.05, 4.69) is 6.58 Å². The summed E-state index contributed by atoms with van der Waals surface area (Å²) in [6, 6.07) is 17.3.